The maximum atomic E-state index is 6.07. The van der Waals surface area contributed by atoms with Crippen LogP contribution in [0.1, 0.15) is 30.0 Å². The third kappa shape index (κ3) is 2.81. The van der Waals surface area contributed by atoms with E-state index in [9.17, 15) is 0 Å². The highest BCUT2D eigenvalue weighted by molar-refractivity contribution is 5.72. The van der Waals surface area contributed by atoms with Crippen LogP contribution in [0.5, 0.6) is 0 Å². The molecule has 21 heavy (non-hydrogen) atoms. The first-order valence-corrected chi connectivity index (χ1v) is 7.89. The van der Waals surface area contributed by atoms with Crippen LogP contribution in [0.25, 0.3) is 0 Å². The van der Waals surface area contributed by atoms with Crippen LogP contribution in [0.15, 0.2) is 42.5 Å². The lowest BCUT2D eigenvalue weighted by atomic mass is 10.0. The maximum absolute atomic E-state index is 6.07. The molecule has 1 atom stereocenters. The van der Waals surface area contributed by atoms with Crippen LogP contribution in [0, 0.1) is 6.92 Å². The summed E-state index contributed by atoms with van der Waals surface area (Å²) in [5.74, 6) is 0. The number of nitrogens with two attached hydrogens (primary N) is 1. The molecule has 0 aromatic heterocycles. The molecule has 2 heteroatoms. The van der Waals surface area contributed by atoms with Crippen molar-refractivity contribution in [3.05, 3.63) is 59.2 Å². The zero-order chi connectivity index (χ0) is 14.8. The second kappa shape index (κ2) is 5.90. The first kappa shape index (κ1) is 14.2. The number of anilines is 2. The van der Waals surface area contributed by atoms with Crippen molar-refractivity contribution >= 4 is 11.4 Å². The molecule has 1 unspecified atom stereocenters. The minimum atomic E-state index is 0.266. The monoisotopic (exact) mass is 280 g/mol. The topological polar surface area (TPSA) is 29.3 Å². The second-order valence-electron chi connectivity index (χ2n) is 6.02. The summed E-state index contributed by atoms with van der Waals surface area (Å²) in [5, 5.41) is 0. The molecule has 0 spiro atoms. The summed E-state index contributed by atoms with van der Waals surface area (Å²) in [7, 11) is 0. The van der Waals surface area contributed by atoms with Gasteiger partial charge in [0.15, 0.2) is 0 Å². The van der Waals surface area contributed by atoms with Crippen molar-refractivity contribution in [1.29, 1.82) is 0 Å². The van der Waals surface area contributed by atoms with Crippen LogP contribution >= 0.6 is 0 Å². The molecule has 2 aromatic carbocycles. The van der Waals surface area contributed by atoms with Gasteiger partial charge in [0.2, 0.25) is 0 Å². The molecule has 0 saturated heterocycles. The Morgan fingerprint density at radius 1 is 1.14 bits per heavy atom. The standard InChI is InChI=1S/C19H24N2/c1-3-17(20)13-15-8-9-18(14(2)12-15)21-11-10-16-6-4-5-7-19(16)21/h4-9,12,17H,3,10-11,13,20H2,1-2H3. The molecule has 0 bridgehead atoms. The van der Waals surface area contributed by atoms with E-state index < -0.39 is 0 Å². The Kier molecular flexibility index (Phi) is 3.98. The van der Waals surface area contributed by atoms with Gasteiger partial charge in [0.1, 0.15) is 0 Å². The normalized spacial score (nSPS) is 15.1. The van der Waals surface area contributed by atoms with E-state index in [2.05, 4.69) is 61.2 Å². The Bertz CT molecular complexity index is 633. The van der Waals surface area contributed by atoms with E-state index in [1.165, 1.54) is 28.1 Å². The molecule has 1 aliphatic rings. The van der Waals surface area contributed by atoms with Gasteiger partial charge in [0.25, 0.3) is 0 Å². The van der Waals surface area contributed by atoms with Crippen LogP contribution in [0.4, 0.5) is 11.4 Å². The van der Waals surface area contributed by atoms with E-state index in [4.69, 9.17) is 5.73 Å². The Hall–Kier alpha value is -1.80. The Balaban J connectivity index is 1.87. The van der Waals surface area contributed by atoms with Gasteiger partial charge >= 0.3 is 0 Å². The van der Waals surface area contributed by atoms with Crippen LogP contribution in [-0.4, -0.2) is 12.6 Å². The van der Waals surface area contributed by atoms with E-state index in [-0.39, 0.29) is 6.04 Å². The van der Waals surface area contributed by atoms with Crippen LogP contribution in [0.3, 0.4) is 0 Å². The van der Waals surface area contributed by atoms with Crippen molar-refractivity contribution < 1.29 is 0 Å². The molecule has 2 nitrogen and oxygen atoms in total. The summed E-state index contributed by atoms with van der Waals surface area (Å²) in [5.41, 5.74) is 12.9. The minimum Gasteiger partial charge on any atom is -0.341 e. The number of benzene rings is 2. The van der Waals surface area contributed by atoms with Crippen molar-refractivity contribution in [1.82, 2.24) is 0 Å². The van der Waals surface area contributed by atoms with Gasteiger partial charge in [-0.1, -0.05) is 37.3 Å². The summed E-state index contributed by atoms with van der Waals surface area (Å²) in [4.78, 5) is 2.44. The molecule has 0 saturated carbocycles. The van der Waals surface area contributed by atoms with Crippen LogP contribution < -0.4 is 10.6 Å². The van der Waals surface area contributed by atoms with E-state index in [1.807, 2.05) is 0 Å². The number of fused-ring (bicyclic) bond motifs is 1. The quantitative estimate of drug-likeness (QED) is 0.918. The highest BCUT2D eigenvalue weighted by Gasteiger charge is 2.21. The molecule has 0 radical (unpaired) electrons. The maximum Gasteiger partial charge on any atom is 0.0444 e. The van der Waals surface area contributed by atoms with Crippen molar-refractivity contribution in [3.63, 3.8) is 0 Å². The third-order valence-corrected chi connectivity index (χ3v) is 4.46. The van der Waals surface area contributed by atoms with Gasteiger partial charge in [-0.05, 0) is 55.0 Å². The number of hydrogen-bond acceptors (Lipinski definition) is 2. The number of nitrogens with zero attached hydrogens (tertiary/aromatic N) is 1. The molecule has 0 amide bonds. The molecule has 1 aliphatic heterocycles. The molecule has 1 heterocycles. The highest BCUT2D eigenvalue weighted by atomic mass is 15.2. The smallest absolute Gasteiger partial charge is 0.0444 e. The average molecular weight is 280 g/mol. The summed E-state index contributed by atoms with van der Waals surface area (Å²) in [6.07, 6.45) is 3.13. The molecule has 2 aromatic rings. The molecule has 2 N–H and O–H groups in total. The zero-order valence-corrected chi connectivity index (χ0v) is 13.0. The highest BCUT2D eigenvalue weighted by Crippen LogP contribution is 2.36. The van der Waals surface area contributed by atoms with Crippen molar-refractivity contribution in [2.45, 2.75) is 39.2 Å². The van der Waals surface area contributed by atoms with Crippen LogP contribution in [-0.2, 0) is 12.8 Å². The van der Waals surface area contributed by atoms with Gasteiger partial charge in [-0.2, -0.15) is 0 Å². The predicted molar refractivity (Wildman–Crippen MR) is 90.3 cm³/mol. The molecule has 3 rings (SSSR count). The number of hydrogen-bond donors (Lipinski definition) is 1. The Labute approximate surface area is 127 Å². The van der Waals surface area contributed by atoms with Gasteiger partial charge < -0.3 is 10.6 Å². The lowest BCUT2D eigenvalue weighted by molar-refractivity contribution is 0.646. The fourth-order valence-electron chi connectivity index (χ4n) is 3.18. The number of rotatable bonds is 4. The van der Waals surface area contributed by atoms with Gasteiger partial charge in [-0.25, -0.2) is 0 Å². The van der Waals surface area contributed by atoms with Crippen molar-refractivity contribution in [3.8, 4) is 0 Å². The SMILES string of the molecule is CCC(N)Cc1ccc(N2CCc3ccccc32)c(C)c1. The first-order chi connectivity index (χ1) is 10.2. The minimum absolute atomic E-state index is 0.266. The summed E-state index contributed by atoms with van der Waals surface area (Å²) >= 11 is 0. The van der Waals surface area contributed by atoms with Gasteiger partial charge in [-0.3, -0.25) is 0 Å². The fourth-order valence-corrected chi connectivity index (χ4v) is 3.18. The fraction of sp³-hybridized carbons (Fsp3) is 0.368. The lowest BCUT2D eigenvalue weighted by Crippen LogP contribution is -2.21. The van der Waals surface area contributed by atoms with Gasteiger partial charge in [-0.15, -0.1) is 0 Å². The summed E-state index contributed by atoms with van der Waals surface area (Å²) in [6, 6.07) is 15.8. The molecule has 0 fully saturated rings. The average Bonchev–Trinajstić information content (AvgIpc) is 2.91. The molecule has 110 valence electrons. The molecular formula is C19H24N2. The van der Waals surface area contributed by atoms with Crippen molar-refractivity contribution in [2.75, 3.05) is 11.4 Å². The summed E-state index contributed by atoms with van der Waals surface area (Å²) in [6.45, 7) is 5.43. The zero-order valence-electron chi connectivity index (χ0n) is 13.0. The van der Waals surface area contributed by atoms with E-state index >= 15 is 0 Å². The largest absolute Gasteiger partial charge is 0.341 e. The van der Waals surface area contributed by atoms with Crippen LogP contribution in [0.2, 0.25) is 0 Å². The molecule has 0 aliphatic carbocycles. The van der Waals surface area contributed by atoms with Gasteiger partial charge in [0, 0.05) is 24.0 Å². The number of para-hydroxylation sites is 1. The Morgan fingerprint density at radius 3 is 2.71 bits per heavy atom. The lowest BCUT2D eigenvalue weighted by Gasteiger charge is -2.22. The van der Waals surface area contributed by atoms with E-state index in [1.54, 1.807) is 0 Å². The number of aryl methyl sites for hydroxylation is 1. The van der Waals surface area contributed by atoms with Crippen molar-refractivity contribution in [2.24, 2.45) is 5.73 Å². The first-order valence-electron chi connectivity index (χ1n) is 7.89. The Morgan fingerprint density at radius 2 is 1.95 bits per heavy atom. The van der Waals surface area contributed by atoms with E-state index in [0.717, 1.165) is 25.8 Å². The van der Waals surface area contributed by atoms with E-state index in [0.29, 0.717) is 0 Å². The molecular weight excluding hydrogens is 256 g/mol. The third-order valence-electron chi connectivity index (χ3n) is 4.46. The second-order valence-corrected chi connectivity index (χ2v) is 6.02. The summed E-state index contributed by atoms with van der Waals surface area (Å²) < 4.78 is 0. The predicted octanol–water partition coefficient (Wildman–Crippen LogP) is 3.97. The van der Waals surface area contributed by atoms with Gasteiger partial charge in [0.05, 0.1) is 0 Å².